The molecule has 1 aromatic carbocycles. The molecule has 0 spiro atoms. The number of allylic oxidation sites excluding steroid dienone is 1. The van der Waals surface area contributed by atoms with Crippen molar-refractivity contribution in [2.45, 2.75) is 12.5 Å². The maximum Gasteiger partial charge on any atom is 0.433 e. The van der Waals surface area contributed by atoms with Gasteiger partial charge in [0.25, 0.3) is 0 Å². The van der Waals surface area contributed by atoms with Gasteiger partial charge in [0.1, 0.15) is 5.75 Å². The van der Waals surface area contributed by atoms with Gasteiger partial charge < -0.3 is 9.47 Å². The van der Waals surface area contributed by atoms with Gasteiger partial charge in [-0.15, -0.1) is 0 Å². The Hall–Kier alpha value is -1.25. The summed E-state index contributed by atoms with van der Waals surface area (Å²) >= 11 is 3.24. The van der Waals surface area contributed by atoms with E-state index in [2.05, 4.69) is 15.9 Å². The van der Waals surface area contributed by atoms with E-state index in [1.807, 2.05) is 5.48 Å². The molecule has 4 nitrogen and oxygen atoms in total. The number of ether oxygens (including phenoxy) is 2. The number of alkyl halides is 3. The average molecular weight is 354 g/mol. The number of benzene rings is 1. The molecular weight excluding hydrogens is 343 g/mol. The topological polar surface area (TPSA) is 39.7 Å². The molecule has 2 rings (SSSR count). The number of hydroxylamine groups is 1. The molecule has 1 atom stereocenters. The van der Waals surface area contributed by atoms with Crippen molar-refractivity contribution in [3.05, 3.63) is 33.9 Å². The van der Waals surface area contributed by atoms with Crippen LogP contribution in [0.15, 0.2) is 28.4 Å². The molecule has 0 fully saturated rings. The lowest BCUT2D eigenvalue weighted by molar-refractivity contribution is -0.135. The molecule has 0 bridgehead atoms. The fourth-order valence-electron chi connectivity index (χ4n) is 1.84. The molecule has 1 heterocycles. The van der Waals surface area contributed by atoms with Crippen LogP contribution in [0.1, 0.15) is 5.56 Å². The second-order valence-electron chi connectivity index (χ2n) is 3.92. The molecule has 0 aliphatic carbocycles. The summed E-state index contributed by atoms with van der Waals surface area (Å²) in [7, 11) is 2.74. The number of halogens is 4. The third-order valence-electron chi connectivity index (χ3n) is 2.73. The third kappa shape index (κ3) is 2.77. The first-order chi connectivity index (χ1) is 9.38. The molecule has 20 heavy (non-hydrogen) atoms. The Morgan fingerprint density at radius 3 is 2.50 bits per heavy atom. The number of rotatable bonds is 3. The van der Waals surface area contributed by atoms with Crippen molar-refractivity contribution in [1.29, 1.82) is 0 Å². The summed E-state index contributed by atoms with van der Waals surface area (Å²) in [4.78, 5) is 4.79. The molecule has 1 aromatic rings. The number of methoxy groups -OCH3 is 2. The predicted octanol–water partition coefficient (Wildman–Crippen LogP) is 3.24. The van der Waals surface area contributed by atoms with Gasteiger partial charge in [-0.3, -0.25) is 5.48 Å². The van der Waals surface area contributed by atoms with Crippen LogP contribution in [0.3, 0.4) is 0 Å². The molecule has 8 heteroatoms. The van der Waals surface area contributed by atoms with Gasteiger partial charge in [-0.25, -0.2) is 4.84 Å². The van der Waals surface area contributed by atoms with Crippen molar-refractivity contribution in [3.63, 3.8) is 0 Å². The van der Waals surface area contributed by atoms with Gasteiger partial charge in [-0.1, -0.05) is 6.07 Å². The maximum absolute atomic E-state index is 13.0. The predicted molar refractivity (Wildman–Crippen MR) is 68.7 cm³/mol. The molecule has 0 saturated heterocycles. The molecule has 110 valence electrons. The van der Waals surface area contributed by atoms with Crippen molar-refractivity contribution < 1.29 is 27.5 Å². The SMILES string of the molecule is COc1ccc(C2=C(C(F)(F)F)NOC2OC)cc1Br. The number of nitrogens with one attached hydrogen (secondary N) is 1. The third-order valence-corrected chi connectivity index (χ3v) is 3.35. The Bertz CT molecular complexity index is 545. The number of hydrogen-bond donors (Lipinski definition) is 1. The van der Waals surface area contributed by atoms with Crippen LogP contribution in [-0.2, 0) is 9.57 Å². The minimum atomic E-state index is -4.56. The van der Waals surface area contributed by atoms with Gasteiger partial charge in [0.15, 0.2) is 5.70 Å². The van der Waals surface area contributed by atoms with Crippen LogP contribution in [0.25, 0.3) is 5.57 Å². The van der Waals surface area contributed by atoms with E-state index in [-0.39, 0.29) is 5.57 Å². The van der Waals surface area contributed by atoms with Crippen molar-refractivity contribution in [1.82, 2.24) is 5.48 Å². The van der Waals surface area contributed by atoms with E-state index in [4.69, 9.17) is 14.3 Å². The highest BCUT2D eigenvalue weighted by molar-refractivity contribution is 9.10. The molecule has 1 aliphatic heterocycles. The van der Waals surface area contributed by atoms with Gasteiger partial charge in [-0.2, -0.15) is 13.2 Å². The largest absolute Gasteiger partial charge is 0.496 e. The summed E-state index contributed by atoms with van der Waals surface area (Å²) in [6.45, 7) is 0. The second-order valence-corrected chi connectivity index (χ2v) is 4.78. The highest BCUT2D eigenvalue weighted by Gasteiger charge is 2.44. The molecule has 0 radical (unpaired) electrons. The van der Waals surface area contributed by atoms with E-state index in [0.717, 1.165) is 0 Å². The average Bonchev–Trinajstić information content (AvgIpc) is 2.82. The lowest BCUT2D eigenvalue weighted by Gasteiger charge is -2.13. The van der Waals surface area contributed by atoms with Gasteiger partial charge in [-0.05, 0) is 33.6 Å². The zero-order valence-corrected chi connectivity index (χ0v) is 12.1. The van der Waals surface area contributed by atoms with Crippen LogP contribution in [0.5, 0.6) is 5.75 Å². The van der Waals surface area contributed by atoms with E-state index in [0.29, 0.717) is 15.8 Å². The summed E-state index contributed by atoms with van der Waals surface area (Å²) in [6.07, 6.45) is -5.69. The van der Waals surface area contributed by atoms with E-state index in [1.165, 1.54) is 26.4 Å². The Labute approximate surface area is 121 Å². The normalized spacial score (nSPS) is 19.2. The van der Waals surface area contributed by atoms with Crippen molar-refractivity contribution in [3.8, 4) is 5.75 Å². The Kier molecular flexibility index (Phi) is 4.26. The second kappa shape index (κ2) is 5.63. The minimum absolute atomic E-state index is 0.108. The first-order valence-electron chi connectivity index (χ1n) is 5.48. The molecule has 0 aromatic heterocycles. The van der Waals surface area contributed by atoms with Crippen LogP contribution in [0.2, 0.25) is 0 Å². The fourth-order valence-corrected chi connectivity index (χ4v) is 2.38. The van der Waals surface area contributed by atoms with Crippen LogP contribution >= 0.6 is 15.9 Å². The van der Waals surface area contributed by atoms with Crippen LogP contribution in [0, 0.1) is 0 Å². The molecule has 1 aliphatic rings. The highest BCUT2D eigenvalue weighted by atomic mass is 79.9. The zero-order chi connectivity index (χ0) is 14.9. The summed E-state index contributed by atoms with van der Waals surface area (Å²) in [5.41, 5.74) is 1.12. The molecule has 1 N–H and O–H groups in total. The first kappa shape index (κ1) is 15.1. The zero-order valence-electron chi connectivity index (χ0n) is 10.5. The van der Waals surface area contributed by atoms with Crippen molar-refractivity contribution >= 4 is 21.5 Å². The van der Waals surface area contributed by atoms with Crippen LogP contribution in [0.4, 0.5) is 13.2 Å². The van der Waals surface area contributed by atoms with E-state index >= 15 is 0 Å². The summed E-state index contributed by atoms with van der Waals surface area (Å²) < 4.78 is 49.4. The quantitative estimate of drug-likeness (QED) is 0.905. The van der Waals surface area contributed by atoms with E-state index in [1.54, 1.807) is 6.07 Å². The van der Waals surface area contributed by atoms with Crippen LogP contribution < -0.4 is 10.2 Å². The number of hydrogen-bond acceptors (Lipinski definition) is 4. The molecule has 0 saturated carbocycles. The van der Waals surface area contributed by atoms with Crippen molar-refractivity contribution in [2.75, 3.05) is 14.2 Å². The van der Waals surface area contributed by atoms with Gasteiger partial charge in [0.2, 0.25) is 6.29 Å². The van der Waals surface area contributed by atoms with Crippen molar-refractivity contribution in [2.24, 2.45) is 0 Å². The molecule has 1 unspecified atom stereocenters. The van der Waals surface area contributed by atoms with E-state index < -0.39 is 18.2 Å². The first-order valence-corrected chi connectivity index (χ1v) is 6.27. The van der Waals surface area contributed by atoms with Crippen LogP contribution in [-0.4, -0.2) is 26.7 Å². The Morgan fingerprint density at radius 2 is 2.00 bits per heavy atom. The highest BCUT2D eigenvalue weighted by Crippen LogP contribution is 2.39. The summed E-state index contributed by atoms with van der Waals surface area (Å²) in [5.74, 6) is 0.517. The maximum atomic E-state index is 13.0. The molecule has 0 amide bonds. The molecular formula is C12H11BrF3NO3. The van der Waals surface area contributed by atoms with Gasteiger partial charge in [0.05, 0.1) is 11.6 Å². The standard InChI is InChI=1S/C12H11BrF3NO3/c1-18-8-4-3-6(5-7(8)13)9-10(12(14,15)16)17-20-11(9)19-2/h3-5,11,17H,1-2H3. The summed E-state index contributed by atoms with van der Waals surface area (Å²) in [6, 6.07) is 4.58. The monoisotopic (exact) mass is 353 g/mol. The Morgan fingerprint density at radius 1 is 1.30 bits per heavy atom. The van der Waals surface area contributed by atoms with Gasteiger partial charge >= 0.3 is 6.18 Å². The van der Waals surface area contributed by atoms with E-state index in [9.17, 15) is 13.2 Å². The fraction of sp³-hybridized carbons (Fsp3) is 0.333. The summed E-state index contributed by atoms with van der Waals surface area (Å²) in [5, 5.41) is 0. The lowest BCUT2D eigenvalue weighted by atomic mass is 10.0. The van der Waals surface area contributed by atoms with Gasteiger partial charge in [0, 0.05) is 12.7 Å². The smallest absolute Gasteiger partial charge is 0.433 e. The Balaban J connectivity index is 2.53. The minimum Gasteiger partial charge on any atom is -0.496 e. The lowest BCUT2D eigenvalue weighted by Crippen LogP contribution is -2.22.